The van der Waals surface area contributed by atoms with Crippen molar-refractivity contribution >= 4 is 5.97 Å². The van der Waals surface area contributed by atoms with Gasteiger partial charge in [-0.2, -0.15) is 0 Å². The first-order valence-corrected chi connectivity index (χ1v) is 6.01. The molecule has 2 rings (SSSR count). The van der Waals surface area contributed by atoms with E-state index in [9.17, 15) is 9.90 Å². The Bertz CT molecular complexity index is 413. The van der Waals surface area contributed by atoms with E-state index in [0.717, 1.165) is 19.3 Å². The number of carbonyl (C=O) groups is 1. The van der Waals surface area contributed by atoms with Crippen LogP contribution in [0.4, 0.5) is 0 Å². The summed E-state index contributed by atoms with van der Waals surface area (Å²) >= 11 is 0. The predicted molar refractivity (Wildman–Crippen MR) is 63.2 cm³/mol. The standard InChI is InChI=1S/C13H18O5/c1-16-12(15)11-5-4-10(18-11)9(14)8-13(17-2)6-3-7-13/h4-5,9,14H,3,6-8H2,1-2H3. The predicted octanol–water partition coefficient (Wildman–Crippen LogP) is 2.06. The molecule has 1 unspecified atom stereocenters. The summed E-state index contributed by atoms with van der Waals surface area (Å²) in [5, 5.41) is 10.1. The second-order valence-electron chi connectivity index (χ2n) is 4.65. The highest BCUT2D eigenvalue weighted by Crippen LogP contribution is 2.42. The van der Waals surface area contributed by atoms with Gasteiger partial charge in [-0.25, -0.2) is 4.79 Å². The van der Waals surface area contributed by atoms with Crippen molar-refractivity contribution < 1.29 is 23.8 Å². The fourth-order valence-corrected chi connectivity index (χ4v) is 2.26. The smallest absolute Gasteiger partial charge is 0.373 e. The molecule has 0 aromatic carbocycles. The molecule has 5 heteroatoms. The zero-order valence-electron chi connectivity index (χ0n) is 10.6. The van der Waals surface area contributed by atoms with Gasteiger partial charge in [0.2, 0.25) is 5.76 Å². The highest BCUT2D eigenvalue weighted by molar-refractivity contribution is 5.86. The molecule has 1 saturated carbocycles. The molecule has 1 aromatic heterocycles. The van der Waals surface area contributed by atoms with Crippen LogP contribution in [0.15, 0.2) is 16.5 Å². The number of carbonyl (C=O) groups excluding carboxylic acids is 1. The fraction of sp³-hybridized carbons (Fsp3) is 0.615. The monoisotopic (exact) mass is 254 g/mol. The van der Waals surface area contributed by atoms with E-state index >= 15 is 0 Å². The Morgan fingerprint density at radius 3 is 2.72 bits per heavy atom. The number of aliphatic hydroxyl groups excluding tert-OH is 1. The Morgan fingerprint density at radius 2 is 2.22 bits per heavy atom. The maximum atomic E-state index is 11.2. The van der Waals surface area contributed by atoms with Gasteiger partial charge in [0.1, 0.15) is 11.9 Å². The first kappa shape index (κ1) is 13.1. The lowest BCUT2D eigenvalue weighted by Gasteiger charge is -2.41. The SMILES string of the molecule is COC(=O)c1ccc(C(O)CC2(OC)CCC2)o1. The second kappa shape index (κ2) is 5.12. The Kier molecular flexibility index (Phi) is 3.73. The van der Waals surface area contributed by atoms with Crippen LogP contribution in [-0.4, -0.2) is 30.9 Å². The highest BCUT2D eigenvalue weighted by Gasteiger charge is 2.39. The number of rotatable bonds is 5. The zero-order valence-corrected chi connectivity index (χ0v) is 10.6. The van der Waals surface area contributed by atoms with Gasteiger partial charge in [0.15, 0.2) is 0 Å². The topological polar surface area (TPSA) is 68.9 Å². The van der Waals surface area contributed by atoms with Crippen LogP contribution in [0.2, 0.25) is 0 Å². The zero-order chi connectivity index (χ0) is 13.2. The number of methoxy groups -OCH3 is 2. The number of furan rings is 1. The van der Waals surface area contributed by atoms with Crippen LogP contribution in [0.5, 0.6) is 0 Å². The van der Waals surface area contributed by atoms with E-state index in [0.29, 0.717) is 12.2 Å². The maximum Gasteiger partial charge on any atom is 0.373 e. The van der Waals surface area contributed by atoms with Crippen LogP contribution in [0.25, 0.3) is 0 Å². The Hall–Kier alpha value is -1.33. The molecule has 1 fully saturated rings. The maximum absolute atomic E-state index is 11.2. The molecule has 0 amide bonds. The number of aliphatic hydroxyl groups is 1. The summed E-state index contributed by atoms with van der Waals surface area (Å²) in [6.07, 6.45) is 2.74. The summed E-state index contributed by atoms with van der Waals surface area (Å²) < 4.78 is 15.3. The molecule has 1 N–H and O–H groups in total. The third kappa shape index (κ3) is 2.42. The lowest BCUT2D eigenvalue weighted by molar-refractivity contribution is -0.102. The lowest BCUT2D eigenvalue weighted by Crippen LogP contribution is -2.40. The molecule has 0 saturated heterocycles. The van der Waals surface area contributed by atoms with E-state index in [1.54, 1.807) is 13.2 Å². The average Bonchev–Trinajstić information content (AvgIpc) is 2.82. The third-order valence-corrected chi connectivity index (χ3v) is 3.60. The second-order valence-corrected chi connectivity index (χ2v) is 4.65. The molecule has 1 aromatic rings. The molecule has 1 heterocycles. The van der Waals surface area contributed by atoms with Crippen LogP contribution in [-0.2, 0) is 9.47 Å². The summed E-state index contributed by atoms with van der Waals surface area (Å²) in [5.74, 6) is -0.0658. The van der Waals surface area contributed by atoms with Crippen LogP contribution in [0.1, 0.15) is 48.1 Å². The molecule has 0 bridgehead atoms. The number of hydrogen-bond donors (Lipinski definition) is 1. The minimum Gasteiger partial charge on any atom is -0.463 e. The minimum atomic E-state index is -0.761. The Morgan fingerprint density at radius 1 is 1.50 bits per heavy atom. The van der Waals surface area contributed by atoms with Crippen LogP contribution >= 0.6 is 0 Å². The van der Waals surface area contributed by atoms with Gasteiger partial charge in [0, 0.05) is 13.5 Å². The first-order chi connectivity index (χ1) is 8.60. The van der Waals surface area contributed by atoms with Crippen LogP contribution < -0.4 is 0 Å². The van der Waals surface area contributed by atoms with Crippen LogP contribution in [0.3, 0.4) is 0 Å². The van der Waals surface area contributed by atoms with E-state index < -0.39 is 12.1 Å². The van der Waals surface area contributed by atoms with Crippen molar-refractivity contribution in [1.82, 2.24) is 0 Å². The molecule has 0 spiro atoms. The van der Waals surface area contributed by atoms with Crippen molar-refractivity contribution in [2.24, 2.45) is 0 Å². The third-order valence-electron chi connectivity index (χ3n) is 3.60. The van der Waals surface area contributed by atoms with E-state index in [1.807, 2.05) is 0 Å². The van der Waals surface area contributed by atoms with Gasteiger partial charge in [-0.05, 0) is 31.4 Å². The summed E-state index contributed by atoms with van der Waals surface area (Å²) in [4.78, 5) is 11.2. The van der Waals surface area contributed by atoms with E-state index in [1.165, 1.54) is 13.2 Å². The summed E-state index contributed by atoms with van der Waals surface area (Å²) in [7, 11) is 2.95. The van der Waals surface area contributed by atoms with Crippen molar-refractivity contribution in [2.75, 3.05) is 14.2 Å². The largest absolute Gasteiger partial charge is 0.463 e. The summed E-state index contributed by atoms with van der Waals surface area (Å²) in [6.45, 7) is 0. The summed E-state index contributed by atoms with van der Waals surface area (Å²) in [5.41, 5.74) is -0.238. The van der Waals surface area contributed by atoms with Crippen molar-refractivity contribution in [3.8, 4) is 0 Å². The van der Waals surface area contributed by atoms with Gasteiger partial charge >= 0.3 is 5.97 Å². The molecule has 5 nitrogen and oxygen atoms in total. The van der Waals surface area contributed by atoms with Crippen molar-refractivity contribution in [3.63, 3.8) is 0 Å². The lowest BCUT2D eigenvalue weighted by atomic mass is 9.76. The first-order valence-electron chi connectivity index (χ1n) is 6.01. The van der Waals surface area contributed by atoms with Gasteiger partial charge in [-0.15, -0.1) is 0 Å². The molecular weight excluding hydrogens is 236 g/mol. The minimum absolute atomic E-state index is 0.103. The van der Waals surface area contributed by atoms with Gasteiger partial charge in [-0.3, -0.25) is 0 Å². The molecule has 1 aliphatic rings. The quantitative estimate of drug-likeness (QED) is 0.814. The normalized spacial score (nSPS) is 19.1. The highest BCUT2D eigenvalue weighted by atomic mass is 16.5. The number of hydrogen-bond acceptors (Lipinski definition) is 5. The van der Waals surface area contributed by atoms with Crippen molar-refractivity contribution in [3.05, 3.63) is 23.7 Å². The van der Waals surface area contributed by atoms with Gasteiger partial charge < -0.3 is 19.0 Å². The molecule has 0 radical (unpaired) electrons. The van der Waals surface area contributed by atoms with E-state index in [-0.39, 0.29) is 11.4 Å². The van der Waals surface area contributed by atoms with E-state index in [2.05, 4.69) is 4.74 Å². The number of ether oxygens (including phenoxy) is 2. The van der Waals surface area contributed by atoms with Crippen molar-refractivity contribution in [2.45, 2.75) is 37.4 Å². The van der Waals surface area contributed by atoms with Crippen LogP contribution in [0, 0.1) is 0 Å². The van der Waals surface area contributed by atoms with Gasteiger partial charge in [0.25, 0.3) is 0 Å². The molecule has 100 valence electrons. The molecule has 0 aliphatic heterocycles. The van der Waals surface area contributed by atoms with Gasteiger partial charge in [0.05, 0.1) is 12.7 Å². The summed E-state index contributed by atoms with van der Waals surface area (Å²) in [6, 6.07) is 3.10. The average molecular weight is 254 g/mol. The Labute approximate surface area is 106 Å². The number of esters is 1. The van der Waals surface area contributed by atoms with Gasteiger partial charge in [-0.1, -0.05) is 0 Å². The fourth-order valence-electron chi connectivity index (χ4n) is 2.26. The van der Waals surface area contributed by atoms with E-state index in [4.69, 9.17) is 9.15 Å². The van der Waals surface area contributed by atoms with Crippen molar-refractivity contribution in [1.29, 1.82) is 0 Å². The Balaban J connectivity index is 2.02. The molecular formula is C13H18O5. The molecule has 18 heavy (non-hydrogen) atoms. The molecule has 1 aliphatic carbocycles. The molecule has 1 atom stereocenters.